The Morgan fingerprint density at radius 2 is 1.69 bits per heavy atom. The van der Waals surface area contributed by atoms with Gasteiger partial charge < -0.3 is 10.3 Å². The highest BCUT2D eigenvalue weighted by atomic mass is 19.1. The summed E-state index contributed by atoms with van der Waals surface area (Å²) in [7, 11) is 0. The minimum Gasteiger partial charge on any atom is -0.356 e. The van der Waals surface area contributed by atoms with Gasteiger partial charge in [-0.15, -0.1) is 0 Å². The molecule has 29 heavy (non-hydrogen) atoms. The molecule has 1 aliphatic rings. The normalized spacial score (nSPS) is 16.1. The van der Waals surface area contributed by atoms with E-state index >= 15 is 0 Å². The second kappa shape index (κ2) is 7.45. The van der Waals surface area contributed by atoms with Crippen LogP contribution in [0, 0.1) is 11.6 Å². The van der Waals surface area contributed by atoms with Crippen molar-refractivity contribution in [1.29, 1.82) is 0 Å². The molecule has 1 aliphatic heterocycles. The molecule has 1 unspecified atom stereocenters. The van der Waals surface area contributed by atoms with Gasteiger partial charge in [0.25, 0.3) is 0 Å². The predicted molar refractivity (Wildman–Crippen MR) is 113 cm³/mol. The second-order valence-corrected chi connectivity index (χ2v) is 7.74. The monoisotopic (exact) mass is 388 g/mol. The molecular weight excluding hydrogens is 366 g/mol. The fourth-order valence-electron chi connectivity index (χ4n) is 4.38. The molecule has 0 bridgehead atoms. The lowest BCUT2D eigenvalue weighted by Gasteiger charge is -2.24. The van der Waals surface area contributed by atoms with Crippen molar-refractivity contribution in [2.75, 3.05) is 0 Å². The number of nitrogens with one attached hydrogen (secondary N) is 2. The van der Waals surface area contributed by atoms with Gasteiger partial charge in [-0.3, -0.25) is 0 Å². The summed E-state index contributed by atoms with van der Waals surface area (Å²) in [5, 5.41) is 4.53. The summed E-state index contributed by atoms with van der Waals surface area (Å²) in [4.78, 5) is 3.34. The Morgan fingerprint density at radius 3 is 2.48 bits per heavy atom. The van der Waals surface area contributed by atoms with E-state index in [9.17, 15) is 8.78 Å². The molecule has 0 amide bonds. The molecule has 2 heterocycles. The van der Waals surface area contributed by atoms with E-state index in [1.165, 1.54) is 23.8 Å². The maximum atomic E-state index is 14.6. The van der Waals surface area contributed by atoms with Crippen molar-refractivity contribution in [3.8, 4) is 11.1 Å². The van der Waals surface area contributed by atoms with Crippen LogP contribution in [0.15, 0.2) is 66.7 Å². The summed E-state index contributed by atoms with van der Waals surface area (Å²) >= 11 is 0. The van der Waals surface area contributed by atoms with E-state index in [2.05, 4.69) is 34.6 Å². The third kappa shape index (κ3) is 3.45. The van der Waals surface area contributed by atoms with Crippen LogP contribution >= 0.6 is 0 Å². The number of benzene rings is 3. The molecule has 0 saturated heterocycles. The minimum atomic E-state index is -0.272. The van der Waals surface area contributed by atoms with E-state index in [0.29, 0.717) is 18.1 Å². The van der Waals surface area contributed by atoms with Crippen LogP contribution in [0.3, 0.4) is 0 Å². The Bertz CT molecular complexity index is 1150. The zero-order valence-electron chi connectivity index (χ0n) is 16.0. The molecule has 2 N–H and O–H groups in total. The van der Waals surface area contributed by atoms with E-state index in [1.54, 1.807) is 18.2 Å². The van der Waals surface area contributed by atoms with E-state index in [0.717, 1.165) is 47.0 Å². The molecular formula is C25H22F2N2. The summed E-state index contributed by atoms with van der Waals surface area (Å²) in [5.74, 6) is -0.521. The smallest absolute Gasteiger partial charge is 0.147 e. The highest BCUT2D eigenvalue weighted by molar-refractivity contribution is 5.99. The molecule has 3 aromatic carbocycles. The molecule has 1 atom stereocenters. The van der Waals surface area contributed by atoms with Crippen molar-refractivity contribution in [2.45, 2.75) is 31.8 Å². The molecule has 5 rings (SSSR count). The zero-order valence-corrected chi connectivity index (χ0v) is 16.0. The average molecular weight is 388 g/mol. The van der Waals surface area contributed by atoms with Gasteiger partial charge in [-0.1, -0.05) is 48.5 Å². The van der Waals surface area contributed by atoms with E-state index in [1.807, 2.05) is 6.07 Å². The zero-order chi connectivity index (χ0) is 19.8. The fourth-order valence-corrected chi connectivity index (χ4v) is 4.38. The van der Waals surface area contributed by atoms with Crippen molar-refractivity contribution in [1.82, 2.24) is 10.3 Å². The van der Waals surface area contributed by atoms with Gasteiger partial charge in [-0.25, -0.2) is 8.78 Å². The first-order valence-electron chi connectivity index (χ1n) is 10.0. The number of aromatic amines is 1. The van der Waals surface area contributed by atoms with Gasteiger partial charge in [0.05, 0.1) is 5.52 Å². The van der Waals surface area contributed by atoms with Crippen LogP contribution in [0.25, 0.3) is 22.0 Å². The summed E-state index contributed by atoms with van der Waals surface area (Å²) in [6.07, 6.45) is 2.90. The lowest BCUT2D eigenvalue weighted by molar-refractivity contribution is 0.450. The molecule has 4 heteroatoms. The summed E-state index contributed by atoms with van der Waals surface area (Å²) in [6, 6.07) is 20.5. The van der Waals surface area contributed by atoms with Crippen LogP contribution < -0.4 is 5.32 Å². The number of aryl methyl sites for hydroxylation is 1. The average Bonchev–Trinajstić information content (AvgIpc) is 3.14. The van der Waals surface area contributed by atoms with E-state index in [-0.39, 0.29) is 11.6 Å². The molecule has 1 aromatic heterocycles. The Morgan fingerprint density at radius 1 is 0.897 bits per heavy atom. The predicted octanol–water partition coefficient (Wildman–Crippen LogP) is 5.76. The summed E-state index contributed by atoms with van der Waals surface area (Å²) in [6.45, 7) is 0.701. The number of H-pyrrole nitrogens is 1. The highest BCUT2D eigenvalue weighted by Gasteiger charge is 2.24. The van der Waals surface area contributed by atoms with Gasteiger partial charge in [0, 0.05) is 30.1 Å². The largest absolute Gasteiger partial charge is 0.356 e. The Labute approximate surface area is 168 Å². The molecule has 146 valence electrons. The van der Waals surface area contributed by atoms with Gasteiger partial charge in [-0.05, 0) is 53.3 Å². The third-order valence-corrected chi connectivity index (χ3v) is 5.89. The van der Waals surface area contributed by atoms with Crippen LogP contribution in [-0.2, 0) is 19.4 Å². The van der Waals surface area contributed by atoms with Crippen LogP contribution in [0.1, 0.15) is 23.2 Å². The number of aromatic nitrogens is 1. The third-order valence-electron chi connectivity index (χ3n) is 5.89. The van der Waals surface area contributed by atoms with Gasteiger partial charge in [0.15, 0.2) is 0 Å². The lowest BCUT2D eigenvalue weighted by atomic mass is 9.93. The molecule has 0 aliphatic carbocycles. The van der Waals surface area contributed by atoms with Crippen molar-refractivity contribution in [2.24, 2.45) is 0 Å². The first-order valence-corrected chi connectivity index (χ1v) is 10.0. The number of fused-ring (bicyclic) bond motifs is 3. The van der Waals surface area contributed by atoms with Gasteiger partial charge in [0.1, 0.15) is 11.6 Å². The molecule has 0 fully saturated rings. The molecule has 0 radical (unpaired) electrons. The van der Waals surface area contributed by atoms with Crippen molar-refractivity contribution < 1.29 is 8.78 Å². The van der Waals surface area contributed by atoms with Crippen molar-refractivity contribution >= 4 is 10.9 Å². The Balaban J connectivity index is 1.47. The fraction of sp³-hybridized carbons (Fsp3) is 0.200. The maximum Gasteiger partial charge on any atom is 0.147 e. The SMILES string of the molecule is Fc1ccc(-c2ccc(F)c3[nH]c4c(c23)CNC(CCc2ccccc2)C4)cc1. The maximum absolute atomic E-state index is 14.6. The quantitative estimate of drug-likeness (QED) is 0.457. The molecule has 4 aromatic rings. The first kappa shape index (κ1) is 18.1. The van der Waals surface area contributed by atoms with E-state index < -0.39 is 0 Å². The second-order valence-electron chi connectivity index (χ2n) is 7.74. The number of hydrogen-bond acceptors (Lipinski definition) is 1. The Hall–Kier alpha value is -2.98. The van der Waals surface area contributed by atoms with Crippen LogP contribution in [0.2, 0.25) is 0 Å². The molecule has 0 saturated carbocycles. The summed E-state index contributed by atoms with van der Waals surface area (Å²) in [5.41, 5.74) is 5.93. The highest BCUT2D eigenvalue weighted by Crippen LogP contribution is 2.36. The van der Waals surface area contributed by atoms with E-state index in [4.69, 9.17) is 0 Å². The Kier molecular flexibility index (Phi) is 4.64. The molecule has 2 nitrogen and oxygen atoms in total. The van der Waals surface area contributed by atoms with Crippen molar-refractivity contribution in [3.05, 3.63) is 95.2 Å². The van der Waals surface area contributed by atoms with Gasteiger partial charge in [0.2, 0.25) is 0 Å². The van der Waals surface area contributed by atoms with Gasteiger partial charge >= 0.3 is 0 Å². The number of halogens is 2. The number of rotatable bonds is 4. The minimum absolute atomic E-state index is 0.249. The number of hydrogen-bond donors (Lipinski definition) is 2. The van der Waals surface area contributed by atoms with Crippen LogP contribution in [-0.4, -0.2) is 11.0 Å². The summed E-state index contributed by atoms with van der Waals surface area (Å²) < 4.78 is 27.9. The topological polar surface area (TPSA) is 27.8 Å². The standard InChI is InChI=1S/C25H22F2N2/c26-18-9-7-17(8-10-18)20-12-13-22(27)25-24(20)21-15-28-19(14-23(21)29-25)11-6-16-4-2-1-3-5-16/h1-5,7-10,12-13,19,28-29H,6,11,14-15H2. The van der Waals surface area contributed by atoms with Crippen LogP contribution in [0.4, 0.5) is 8.78 Å². The lowest BCUT2D eigenvalue weighted by Crippen LogP contribution is -2.35. The molecule has 0 spiro atoms. The van der Waals surface area contributed by atoms with Gasteiger partial charge in [-0.2, -0.15) is 0 Å². The van der Waals surface area contributed by atoms with Crippen LogP contribution in [0.5, 0.6) is 0 Å². The first-order chi connectivity index (χ1) is 14.2. The van der Waals surface area contributed by atoms with Crippen molar-refractivity contribution in [3.63, 3.8) is 0 Å².